The quantitative estimate of drug-likeness (QED) is 0.726. The number of carbonyl (C=O) groups is 1. The van der Waals surface area contributed by atoms with Gasteiger partial charge in [-0.15, -0.1) is 0 Å². The van der Waals surface area contributed by atoms with Crippen molar-refractivity contribution in [2.75, 3.05) is 6.61 Å². The molecule has 0 bridgehead atoms. The zero-order valence-electron chi connectivity index (χ0n) is 9.03. The Bertz CT molecular complexity index is 306. The average molecular weight is 207 g/mol. The third-order valence-electron chi connectivity index (χ3n) is 2.11. The molecular formula is C12H17NO2. The van der Waals surface area contributed by atoms with Crippen molar-refractivity contribution in [3.63, 3.8) is 0 Å². The number of ether oxygens (including phenoxy) is 1. The molecule has 15 heavy (non-hydrogen) atoms. The number of carbonyl (C=O) groups excluding carboxylic acids is 1. The molecule has 0 heterocycles. The van der Waals surface area contributed by atoms with Crippen molar-refractivity contribution < 1.29 is 9.53 Å². The van der Waals surface area contributed by atoms with Crippen molar-refractivity contribution in [3.05, 3.63) is 29.8 Å². The standard InChI is InChI=1S/C12H17NO2/c1-10-5-7-11(8-6-10)15-9-3-2-4-12(13)14/h5-8H,2-4,9H2,1H3,(H2,13,14). The molecule has 0 aliphatic rings. The van der Waals surface area contributed by atoms with E-state index in [0.717, 1.165) is 18.6 Å². The smallest absolute Gasteiger partial charge is 0.217 e. The lowest BCUT2D eigenvalue weighted by Crippen LogP contribution is -2.10. The van der Waals surface area contributed by atoms with Crippen LogP contribution in [0.4, 0.5) is 0 Å². The molecule has 0 aliphatic heterocycles. The molecular weight excluding hydrogens is 190 g/mol. The number of hydrogen-bond donors (Lipinski definition) is 1. The van der Waals surface area contributed by atoms with Crippen molar-refractivity contribution in [1.29, 1.82) is 0 Å². The highest BCUT2D eigenvalue weighted by atomic mass is 16.5. The van der Waals surface area contributed by atoms with Gasteiger partial charge in [-0.05, 0) is 31.9 Å². The first-order chi connectivity index (χ1) is 7.18. The third kappa shape index (κ3) is 5.05. The fraction of sp³-hybridized carbons (Fsp3) is 0.417. The van der Waals surface area contributed by atoms with E-state index in [0.29, 0.717) is 13.0 Å². The van der Waals surface area contributed by atoms with E-state index in [1.807, 2.05) is 31.2 Å². The normalized spacial score (nSPS) is 9.93. The van der Waals surface area contributed by atoms with Gasteiger partial charge in [0.1, 0.15) is 5.75 Å². The van der Waals surface area contributed by atoms with Crippen LogP contribution in [0.25, 0.3) is 0 Å². The zero-order chi connectivity index (χ0) is 11.1. The van der Waals surface area contributed by atoms with Gasteiger partial charge in [0.05, 0.1) is 6.61 Å². The molecule has 1 aromatic carbocycles. The highest BCUT2D eigenvalue weighted by molar-refractivity contribution is 5.73. The number of benzene rings is 1. The maximum Gasteiger partial charge on any atom is 0.217 e. The molecule has 0 unspecified atom stereocenters. The SMILES string of the molecule is Cc1ccc(OCCCCC(N)=O)cc1. The van der Waals surface area contributed by atoms with Crippen LogP contribution < -0.4 is 10.5 Å². The van der Waals surface area contributed by atoms with Crippen LogP contribution in [-0.4, -0.2) is 12.5 Å². The lowest BCUT2D eigenvalue weighted by Gasteiger charge is -2.05. The Morgan fingerprint density at radius 1 is 1.27 bits per heavy atom. The van der Waals surface area contributed by atoms with Crippen LogP contribution >= 0.6 is 0 Å². The summed E-state index contributed by atoms with van der Waals surface area (Å²) in [6, 6.07) is 7.92. The van der Waals surface area contributed by atoms with Gasteiger partial charge in [0.15, 0.2) is 0 Å². The van der Waals surface area contributed by atoms with Crippen LogP contribution in [0, 0.1) is 6.92 Å². The van der Waals surface area contributed by atoms with E-state index in [-0.39, 0.29) is 5.91 Å². The fourth-order valence-electron chi connectivity index (χ4n) is 1.23. The second-order valence-corrected chi connectivity index (χ2v) is 3.58. The second kappa shape index (κ2) is 6.06. The Balaban J connectivity index is 2.15. The maximum absolute atomic E-state index is 10.5. The van der Waals surface area contributed by atoms with Crippen molar-refractivity contribution in [1.82, 2.24) is 0 Å². The molecule has 0 saturated carbocycles. The predicted octanol–water partition coefficient (Wildman–Crippen LogP) is 2.03. The molecule has 3 nitrogen and oxygen atoms in total. The van der Waals surface area contributed by atoms with E-state index in [2.05, 4.69) is 0 Å². The first-order valence-electron chi connectivity index (χ1n) is 5.16. The molecule has 0 atom stereocenters. The van der Waals surface area contributed by atoms with Crippen molar-refractivity contribution in [3.8, 4) is 5.75 Å². The Morgan fingerprint density at radius 2 is 1.93 bits per heavy atom. The first kappa shape index (κ1) is 11.6. The van der Waals surface area contributed by atoms with Crippen LogP contribution in [0.2, 0.25) is 0 Å². The molecule has 1 aromatic rings. The van der Waals surface area contributed by atoms with Crippen LogP contribution in [0.5, 0.6) is 5.75 Å². The number of hydrogen-bond acceptors (Lipinski definition) is 2. The minimum absolute atomic E-state index is 0.245. The second-order valence-electron chi connectivity index (χ2n) is 3.58. The minimum atomic E-state index is -0.245. The molecule has 1 amide bonds. The van der Waals surface area contributed by atoms with Crippen molar-refractivity contribution in [2.24, 2.45) is 5.73 Å². The maximum atomic E-state index is 10.5. The summed E-state index contributed by atoms with van der Waals surface area (Å²) in [6.07, 6.45) is 2.09. The molecule has 2 N–H and O–H groups in total. The average Bonchev–Trinajstić information content (AvgIpc) is 2.20. The summed E-state index contributed by atoms with van der Waals surface area (Å²) in [5.74, 6) is 0.630. The molecule has 82 valence electrons. The molecule has 1 rings (SSSR count). The van der Waals surface area contributed by atoms with Gasteiger partial charge >= 0.3 is 0 Å². The molecule has 0 spiro atoms. The highest BCUT2D eigenvalue weighted by Gasteiger charge is 1.96. The lowest BCUT2D eigenvalue weighted by atomic mass is 10.2. The number of amides is 1. The number of aryl methyl sites for hydroxylation is 1. The molecule has 0 aromatic heterocycles. The summed E-state index contributed by atoms with van der Waals surface area (Å²) in [7, 11) is 0. The Hall–Kier alpha value is -1.51. The van der Waals surface area contributed by atoms with Crippen LogP contribution in [-0.2, 0) is 4.79 Å². The number of primary amides is 1. The number of rotatable bonds is 6. The highest BCUT2D eigenvalue weighted by Crippen LogP contribution is 2.11. The van der Waals surface area contributed by atoms with E-state index in [9.17, 15) is 4.79 Å². The van der Waals surface area contributed by atoms with E-state index >= 15 is 0 Å². The third-order valence-corrected chi connectivity index (χ3v) is 2.11. The Labute approximate surface area is 90.2 Å². The van der Waals surface area contributed by atoms with Gasteiger partial charge in [-0.25, -0.2) is 0 Å². The van der Waals surface area contributed by atoms with Crippen LogP contribution in [0.15, 0.2) is 24.3 Å². The van der Waals surface area contributed by atoms with Crippen LogP contribution in [0.1, 0.15) is 24.8 Å². The zero-order valence-corrected chi connectivity index (χ0v) is 9.03. The van der Waals surface area contributed by atoms with Gasteiger partial charge in [0.25, 0.3) is 0 Å². The van der Waals surface area contributed by atoms with E-state index in [1.54, 1.807) is 0 Å². The minimum Gasteiger partial charge on any atom is -0.494 e. The van der Waals surface area contributed by atoms with Gasteiger partial charge in [-0.1, -0.05) is 17.7 Å². The lowest BCUT2D eigenvalue weighted by molar-refractivity contribution is -0.118. The Kier molecular flexibility index (Phi) is 4.68. The van der Waals surface area contributed by atoms with Gasteiger partial charge in [0, 0.05) is 6.42 Å². The predicted molar refractivity (Wildman–Crippen MR) is 59.7 cm³/mol. The summed E-state index contributed by atoms with van der Waals surface area (Å²) in [5.41, 5.74) is 6.24. The summed E-state index contributed by atoms with van der Waals surface area (Å²) < 4.78 is 5.49. The Morgan fingerprint density at radius 3 is 2.53 bits per heavy atom. The monoisotopic (exact) mass is 207 g/mol. The summed E-state index contributed by atoms with van der Waals surface area (Å²) >= 11 is 0. The van der Waals surface area contributed by atoms with Gasteiger partial charge in [-0.3, -0.25) is 4.79 Å². The van der Waals surface area contributed by atoms with Gasteiger partial charge < -0.3 is 10.5 Å². The van der Waals surface area contributed by atoms with Crippen LogP contribution in [0.3, 0.4) is 0 Å². The molecule has 0 saturated heterocycles. The van der Waals surface area contributed by atoms with Gasteiger partial charge in [-0.2, -0.15) is 0 Å². The van der Waals surface area contributed by atoms with Gasteiger partial charge in [0.2, 0.25) is 5.91 Å². The summed E-state index contributed by atoms with van der Waals surface area (Å²) in [5, 5.41) is 0. The molecule has 3 heteroatoms. The molecule has 0 radical (unpaired) electrons. The largest absolute Gasteiger partial charge is 0.494 e. The summed E-state index contributed by atoms with van der Waals surface area (Å²) in [6.45, 7) is 2.67. The summed E-state index contributed by atoms with van der Waals surface area (Å²) in [4.78, 5) is 10.5. The fourth-order valence-corrected chi connectivity index (χ4v) is 1.23. The van der Waals surface area contributed by atoms with E-state index in [1.165, 1.54) is 5.56 Å². The van der Waals surface area contributed by atoms with E-state index in [4.69, 9.17) is 10.5 Å². The van der Waals surface area contributed by atoms with Crippen molar-refractivity contribution >= 4 is 5.91 Å². The van der Waals surface area contributed by atoms with E-state index < -0.39 is 0 Å². The first-order valence-corrected chi connectivity index (χ1v) is 5.16. The molecule has 0 fully saturated rings. The number of nitrogens with two attached hydrogens (primary N) is 1. The van der Waals surface area contributed by atoms with Crippen molar-refractivity contribution in [2.45, 2.75) is 26.2 Å². The topological polar surface area (TPSA) is 52.3 Å². The number of unbranched alkanes of at least 4 members (excludes halogenated alkanes) is 1. The molecule has 0 aliphatic carbocycles.